The minimum Gasteiger partial charge on any atom is -0.392 e. The number of hydrogen-bond donors (Lipinski definition) is 1. The fraction of sp³-hybridized carbons (Fsp3) is 0.833. The highest BCUT2D eigenvalue weighted by molar-refractivity contribution is 7.99. The zero-order valence-corrected chi connectivity index (χ0v) is 11.8. The van der Waals surface area contributed by atoms with E-state index in [0.29, 0.717) is 25.5 Å². The number of thioether (sulfide) groups is 1. The summed E-state index contributed by atoms with van der Waals surface area (Å²) >= 11 is 1.91. The molecule has 6 nitrogen and oxygen atoms in total. The second-order valence-corrected chi connectivity index (χ2v) is 6.25. The van der Waals surface area contributed by atoms with Crippen molar-refractivity contribution < 1.29 is 14.4 Å². The van der Waals surface area contributed by atoms with Gasteiger partial charge in [-0.25, -0.2) is 0 Å². The van der Waals surface area contributed by atoms with Crippen molar-refractivity contribution in [2.75, 3.05) is 38.3 Å². The van der Waals surface area contributed by atoms with Crippen molar-refractivity contribution in [3.05, 3.63) is 11.7 Å². The smallest absolute Gasteiger partial charge is 0.234 e. The minimum absolute atomic E-state index is 0.184. The van der Waals surface area contributed by atoms with Gasteiger partial charge in [0.1, 0.15) is 0 Å². The van der Waals surface area contributed by atoms with Crippen LogP contribution in [0.2, 0.25) is 0 Å². The molecular formula is C12H19N3O3S. The van der Waals surface area contributed by atoms with E-state index in [1.54, 1.807) is 0 Å². The fourth-order valence-electron chi connectivity index (χ4n) is 2.45. The van der Waals surface area contributed by atoms with E-state index in [9.17, 15) is 5.11 Å². The zero-order valence-electron chi connectivity index (χ0n) is 11.0. The third-order valence-corrected chi connectivity index (χ3v) is 4.81. The van der Waals surface area contributed by atoms with Crippen molar-refractivity contribution in [2.24, 2.45) is 0 Å². The van der Waals surface area contributed by atoms with Crippen LogP contribution in [0.3, 0.4) is 0 Å². The molecule has 1 N–H and O–H groups in total. The van der Waals surface area contributed by atoms with Gasteiger partial charge in [-0.3, -0.25) is 4.90 Å². The summed E-state index contributed by atoms with van der Waals surface area (Å²) < 4.78 is 10.7. The molecular weight excluding hydrogens is 266 g/mol. The normalized spacial score (nSPS) is 33.5. The molecule has 2 saturated heterocycles. The average Bonchev–Trinajstić information content (AvgIpc) is 2.89. The largest absolute Gasteiger partial charge is 0.392 e. The van der Waals surface area contributed by atoms with E-state index in [2.05, 4.69) is 22.1 Å². The van der Waals surface area contributed by atoms with Crippen molar-refractivity contribution >= 4 is 11.8 Å². The first kappa shape index (κ1) is 13.4. The monoisotopic (exact) mass is 285 g/mol. The summed E-state index contributed by atoms with van der Waals surface area (Å²) in [4.78, 5) is 6.73. The highest BCUT2D eigenvalue weighted by Gasteiger charge is 2.32. The Labute approximate surface area is 116 Å². The van der Waals surface area contributed by atoms with E-state index in [-0.39, 0.29) is 12.0 Å². The summed E-state index contributed by atoms with van der Waals surface area (Å²) in [5.74, 6) is 3.18. The molecule has 0 amide bonds. The summed E-state index contributed by atoms with van der Waals surface area (Å²) in [5.41, 5.74) is 0. The lowest BCUT2D eigenvalue weighted by atomic mass is 9.99. The molecule has 1 aromatic rings. The van der Waals surface area contributed by atoms with Crippen LogP contribution in [-0.4, -0.2) is 64.6 Å². The van der Waals surface area contributed by atoms with Crippen LogP contribution in [-0.2, 0) is 4.74 Å². The number of ether oxygens (including phenoxy) is 1. The lowest BCUT2D eigenvalue weighted by Gasteiger charge is -2.29. The van der Waals surface area contributed by atoms with Gasteiger partial charge < -0.3 is 14.4 Å². The Kier molecular flexibility index (Phi) is 4.07. The van der Waals surface area contributed by atoms with Crippen molar-refractivity contribution in [1.29, 1.82) is 0 Å². The van der Waals surface area contributed by atoms with Crippen molar-refractivity contribution in [2.45, 2.75) is 24.5 Å². The topological polar surface area (TPSA) is 71.6 Å². The van der Waals surface area contributed by atoms with E-state index in [1.165, 1.54) is 0 Å². The molecule has 106 valence electrons. The molecule has 7 heteroatoms. The first-order chi connectivity index (χ1) is 9.25. The summed E-state index contributed by atoms with van der Waals surface area (Å²) in [7, 11) is 2.08. The average molecular weight is 285 g/mol. The first-order valence-corrected chi connectivity index (χ1v) is 7.78. The van der Waals surface area contributed by atoms with Gasteiger partial charge in [0.2, 0.25) is 5.89 Å². The molecule has 3 heterocycles. The molecule has 3 atom stereocenters. The fourth-order valence-corrected chi connectivity index (χ4v) is 3.66. The van der Waals surface area contributed by atoms with Gasteiger partial charge in [0.05, 0.1) is 24.7 Å². The van der Waals surface area contributed by atoms with E-state index in [0.717, 1.165) is 23.9 Å². The van der Waals surface area contributed by atoms with Crippen LogP contribution in [0.5, 0.6) is 0 Å². The van der Waals surface area contributed by atoms with Crippen molar-refractivity contribution in [3.8, 4) is 0 Å². The maximum atomic E-state index is 9.97. The van der Waals surface area contributed by atoms with Crippen LogP contribution in [0.25, 0.3) is 0 Å². The molecule has 3 unspecified atom stereocenters. The molecule has 3 rings (SSSR count). The van der Waals surface area contributed by atoms with Crippen molar-refractivity contribution in [1.82, 2.24) is 15.0 Å². The highest BCUT2D eigenvalue weighted by Crippen LogP contribution is 2.29. The Morgan fingerprint density at radius 1 is 1.47 bits per heavy atom. The third kappa shape index (κ3) is 2.79. The third-order valence-electron chi connectivity index (χ3n) is 3.79. The van der Waals surface area contributed by atoms with E-state index >= 15 is 0 Å². The lowest BCUT2D eigenvalue weighted by molar-refractivity contribution is -0.0149. The van der Waals surface area contributed by atoms with Crippen LogP contribution >= 0.6 is 11.8 Å². The molecule has 1 aromatic heterocycles. The predicted octanol–water partition coefficient (Wildman–Crippen LogP) is 0.654. The molecule has 0 bridgehead atoms. The minimum atomic E-state index is -0.444. The summed E-state index contributed by atoms with van der Waals surface area (Å²) in [6.07, 6.45) is 0.183. The van der Waals surface area contributed by atoms with Gasteiger partial charge in [-0.05, 0) is 13.5 Å². The summed E-state index contributed by atoms with van der Waals surface area (Å²) in [6.45, 7) is 2.09. The Morgan fingerprint density at radius 2 is 2.37 bits per heavy atom. The molecule has 0 spiro atoms. The zero-order chi connectivity index (χ0) is 13.2. The standard InChI is InChI=1S/C12H19N3O3S/c1-15-3-5-19-7-9(15)11-13-12(18-14-11)8-6-17-4-2-10(8)16/h8-10,16H,2-7H2,1H3. The van der Waals surface area contributed by atoms with Gasteiger partial charge in [0.15, 0.2) is 5.82 Å². The Morgan fingerprint density at radius 3 is 3.16 bits per heavy atom. The number of aliphatic hydroxyl groups excluding tert-OH is 1. The first-order valence-electron chi connectivity index (χ1n) is 6.63. The van der Waals surface area contributed by atoms with E-state index in [1.807, 2.05) is 11.8 Å². The van der Waals surface area contributed by atoms with Crippen LogP contribution in [0, 0.1) is 0 Å². The number of aromatic nitrogens is 2. The second kappa shape index (κ2) is 5.78. The van der Waals surface area contributed by atoms with Gasteiger partial charge in [-0.2, -0.15) is 16.7 Å². The summed E-state index contributed by atoms with van der Waals surface area (Å²) in [6, 6.07) is 0.206. The van der Waals surface area contributed by atoms with Crippen LogP contribution in [0.4, 0.5) is 0 Å². The maximum absolute atomic E-state index is 9.97. The number of nitrogens with zero attached hydrogens (tertiary/aromatic N) is 3. The quantitative estimate of drug-likeness (QED) is 0.855. The molecule has 0 aliphatic carbocycles. The van der Waals surface area contributed by atoms with Gasteiger partial charge in [-0.1, -0.05) is 5.16 Å². The van der Waals surface area contributed by atoms with Gasteiger partial charge in [0.25, 0.3) is 0 Å². The Balaban J connectivity index is 1.75. The van der Waals surface area contributed by atoms with E-state index in [4.69, 9.17) is 9.26 Å². The van der Waals surface area contributed by atoms with E-state index < -0.39 is 6.10 Å². The molecule has 0 aromatic carbocycles. The highest BCUT2D eigenvalue weighted by atomic mass is 32.2. The van der Waals surface area contributed by atoms with Crippen LogP contribution in [0.15, 0.2) is 4.52 Å². The maximum Gasteiger partial charge on any atom is 0.234 e. The van der Waals surface area contributed by atoms with Crippen LogP contribution in [0.1, 0.15) is 30.1 Å². The number of hydrogen-bond acceptors (Lipinski definition) is 7. The molecule has 19 heavy (non-hydrogen) atoms. The number of rotatable bonds is 2. The molecule has 2 fully saturated rings. The molecule has 0 saturated carbocycles. The molecule has 2 aliphatic rings. The summed E-state index contributed by atoms with van der Waals surface area (Å²) in [5, 5.41) is 14.1. The Hall–Kier alpha value is -0.630. The van der Waals surface area contributed by atoms with Gasteiger partial charge in [-0.15, -0.1) is 0 Å². The van der Waals surface area contributed by atoms with Crippen LogP contribution < -0.4 is 0 Å². The molecule has 2 aliphatic heterocycles. The van der Waals surface area contributed by atoms with Crippen molar-refractivity contribution in [3.63, 3.8) is 0 Å². The SMILES string of the molecule is CN1CCSCC1c1noc(C2COCCC2O)n1. The van der Waals surface area contributed by atoms with Gasteiger partial charge in [0, 0.05) is 24.7 Å². The van der Waals surface area contributed by atoms with Gasteiger partial charge >= 0.3 is 0 Å². The Bertz CT molecular complexity index is 392. The lowest BCUT2D eigenvalue weighted by Crippen LogP contribution is -2.33. The molecule has 0 radical (unpaired) electrons. The second-order valence-electron chi connectivity index (χ2n) is 5.10. The predicted molar refractivity (Wildman–Crippen MR) is 71.2 cm³/mol. The number of aliphatic hydroxyl groups is 1.